The first-order valence-electron chi connectivity index (χ1n) is 10.3. The summed E-state index contributed by atoms with van der Waals surface area (Å²) in [4.78, 5) is 27.1. The highest BCUT2D eigenvalue weighted by atomic mass is 19.4. The van der Waals surface area contributed by atoms with Crippen molar-refractivity contribution < 1.29 is 37.3 Å². The fraction of sp³-hybridized carbons (Fsp3) is 0.292. The number of alkyl halides is 3. The lowest BCUT2D eigenvalue weighted by Crippen LogP contribution is -2.44. The number of hydrogen-bond acceptors (Lipinski definition) is 5. The van der Waals surface area contributed by atoms with Crippen molar-refractivity contribution in [3.05, 3.63) is 65.9 Å². The minimum atomic E-state index is -4.64. The molecule has 0 aliphatic rings. The standard InChI is InChI=1S/C24H23F3N2O5/c1-23(2,3)34-22(32)28-18(21(30)31)12-14-8-10-16(11-9-14)33-20-17-7-5-4-6-15(17)13-19(29-20)24(25,26)27/h4-11,13,18H,12H2,1-3H3,(H,28,32)(H,30,31)/t18-/m0/s1. The normalized spacial score (nSPS) is 12.8. The first-order chi connectivity index (χ1) is 15.8. The van der Waals surface area contributed by atoms with Crippen molar-refractivity contribution in [1.82, 2.24) is 10.3 Å². The summed E-state index contributed by atoms with van der Waals surface area (Å²) in [5.74, 6) is -1.23. The lowest BCUT2D eigenvalue weighted by molar-refractivity contribution is -0.141. The molecule has 1 heterocycles. The van der Waals surface area contributed by atoms with E-state index in [1.165, 1.54) is 18.2 Å². The predicted molar refractivity (Wildman–Crippen MR) is 118 cm³/mol. The molecule has 2 N–H and O–H groups in total. The second-order valence-electron chi connectivity index (χ2n) is 8.52. The summed E-state index contributed by atoms with van der Waals surface area (Å²) < 4.78 is 50.5. The average Bonchev–Trinajstić information content (AvgIpc) is 2.72. The van der Waals surface area contributed by atoms with Crippen LogP contribution >= 0.6 is 0 Å². The Hall–Kier alpha value is -3.82. The van der Waals surface area contributed by atoms with Crippen LogP contribution in [0.2, 0.25) is 0 Å². The smallest absolute Gasteiger partial charge is 0.433 e. The number of carboxylic acids is 1. The number of carbonyl (C=O) groups excluding carboxylic acids is 1. The molecule has 2 aromatic carbocycles. The van der Waals surface area contributed by atoms with Gasteiger partial charge in [0.2, 0.25) is 5.88 Å². The van der Waals surface area contributed by atoms with Crippen LogP contribution in [0.25, 0.3) is 10.8 Å². The molecule has 180 valence electrons. The molecule has 0 radical (unpaired) electrons. The van der Waals surface area contributed by atoms with Gasteiger partial charge in [0.05, 0.1) is 0 Å². The molecule has 1 atom stereocenters. The van der Waals surface area contributed by atoms with Gasteiger partial charge in [-0.05, 0) is 56.0 Å². The summed E-state index contributed by atoms with van der Waals surface area (Å²) in [5, 5.41) is 12.5. The number of pyridine rings is 1. The number of halogens is 3. The highest BCUT2D eigenvalue weighted by molar-refractivity contribution is 5.87. The van der Waals surface area contributed by atoms with Gasteiger partial charge in [-0.1, -0.05) is 30.3 Å². The molecule has 34 heavy (non-hydrogen) atoms. The molecule has 1 amide bonds. The van der Waals surface area contributed by atoms with E-state index in [2.05, 4.69) is 10.3 Å². The Balaban J connectivity index is 1.78. The van der Waals surface area contributed by atoms with Crippen molar-refractivity contribution in [3.63, 3.8) is 0 Å². The second kappa shape index (κ2) is 9.58. The molecular weight excluding hydrogens is 453 g/mol. The molecule has 0 spiro atoms. The summed E-state index contributed by atoms with van der Waals surface area (Å²) in [6.45, 7) is 4.97. The summed E-state index contributed by atoms with van der Waals surface area (Å²) >= 11 is 0. The third-order valence-corrected chi connectivity index (χ3v) is 4.56. The third kappa shape index (κ3) is 6.60. The summed E-state index contributed by atoms with van der Waals surface area (Å²) in [7, 11) is 0. The van der Waals surface area contributed by atoms with E-state index in [4.69, 9.17) is 9.47 Å². The van der Waals surface area contributed by atoms with Gasteiger partial charge in [0.1, 0.15) is 23.1 Å². The Morgan fingerprint density at radius 1 is 1.06 bits per heavy atom. The fourth-order valence-electron chi connectivity index (χ4n) is 3.08. The first kappa shape index (κ1) is 24.8. The zero-order valence-electron chi connectivity index (χ0n) is 18.6. The maximum atomic E-state index is 13.3. The molecule has 7 nitrogen and oxygen atoms in total. The number of fused-ring (bicyclic) bond motifs is 1. The molecular formula is C24H23F3N2O5. The minimum absolute atomic E-state index is 0.0421. The quantitative estimate of drug-likeness (QED) is 0.483. The molecule has 0 bridgehead atoms. The van der Waals surface area contributed by atoms with Gasteiger partial charge in [-0.3, -0.25) is 0 Å². The number of carboxylic acid groups (broad SMARTS) is 1. The zero-order chi connectivity index (χ0) is 25.1. The van der Waals surface area contributed by atoms with Gasteiger partial charge in [-0.25, -0.2) is 14.6 Å². The van der Waals surface area contributed by atoms with Crippen LogP contribution < -0.4 is 10.1 Å². The van der Waals surface area contributed by atoms with Crippen LogP contribution in [0.1, 0.15) is 32.0 Å². The van der Waals surface area contributed by atoms with Crippen LogP contribution in [0, 0.1) is 0 Å². The lowest BCUT2D eigenvalue weighted by atomic mass is 10.1. The van der Waals surface area contributed by atoms with Crippen LogP contribution in [0.5, 0.6) is 11.6 Å². The number of hydrogen-bond donors (Lipinski definition) is 2. The number of benzene rings is 2. The second-order valence-corrected chi connectivity index (χ2v) is 8.52. The number of alkyl carbamates (subject to hydrolysis) is 1. The van der Waals surface area contributed by atoms with Gasteiger partial charge < -0.3 is 19.9 Å². The van der Waals surface area contributed by atoms with Crippen LogP contribution in [-0.4, -0.2) is 33.8 Å². The Kier molecular flexibility index (Phi) is 6.99. The van der Waals surface area contributed by atoms with E-state index in [-0.39, 0.29) is 18.1 Å². The van der Waals surface area contributed by atoms with E-state index in [0.29, 0.717) is 16.3 Å². The number of nitrogens with zero attached hydrogens (tertiary/aromatic N) is 1. The minimum Gasteiger partial charge on any atom is -0.480 e. The van der Waals surface area contributed by atoms with E-state index in [0.717, 1.165) is 6.07 Å². The van der Waals surface area contributed by atoms with E-state index in [1.54, 1.807) is 51.1 Å². The molecule has 1 aromatic heterocycles. The molecule has 0 saturated heterocycles. The van der Waals surface area contributed by atoms with Crippen LogP contribution in [0.15, 0.2) is 54.6 Å². The lowest BCUT2D eigenvalue weighted by Gasteiger charge is -2.22. The predicted octanol–water partition coefficient (Wildman–Crippen LogP) is 5.57. The molecule has 0 unspecified atom stereocenters. The van der Waals surface area contributed by atoms with Crippen molar-refractivity contribution in [2.24, 2.45) is 0 Å². The monoisotopic (exact) mass is 476 g/mol. The Labute approximate surface area is 193 Å². The van der Waals surface area contributed by atoms with Crippen molar-refractivity contribution in [2.45, 2.75) is 45.0 Å². The molecule has 0 saturated carbocycles. The Bertz CT molecular complexity index is 1190. The van der Waals surface area contributed by atoms with Gasteiger partial charge >= 0.3 is 18.2 Å². The highest BCUT2D eigenvalue weighted by Gasteiger charge is 2.33. The largest absolute Gasteiger partial charge is 0.480 e. The van der Waals surface area contributed by atoms with Crippen molar-refractivity contribution in [1.29, 1.82) is 0 Å². The Morgan fingerprint density at radius 3 is 2.29 bits per heavy atom. The summed E-state index contributed by atoms with van der Waals surface area (Å²) in [5.41, 5.74) is -1.30. The van der Waals surface area contributed by atoms with Crippen LogP contribution in [0.3, 0.4) is 0 Å². The van der Waals surface area contributed by atoms with Gasteiger partial charge in [-0.15, -0.1) is 0 Å². The third-order valence-electron chi connectivity index (χ3n) is 4.56. The first-order valence-corrected chi connectivity index (χ1v) is 10.3. The van der Waals surface area contributed by atoms with Crippen LogP contribution in [-0.2, 0) is 22.1 Å². The zero-order valence-corrected chi connectivity index (χ0v) is 18.6. The van der Waals surface area contributed by atoms with Gasteiger partial charge in [0.25, 0.3) is 0 Å². The van der Waals surface area contributed by atoms with E-state index in [1.807, 2.05) is 0 Å². The molecule has 0 aliphatic heterocycles. The SMILES string of the molecule is CC(C)(C)OC(=O)N[C@@H](Cc1ccc(Oc2nc(C(F)(F)F)cc3ccccc23)cc1)C(=O)O. The summed E-state index contributed by atoms with van der Waals surface area (Å²) in [6.07, 6.45) is -5.54. The number of carbonyl (C=O) groups is 2. The van der Waals surface area contributed by atoms with E-state index in [9.17, 15) is 27.9 Å². The fourth-order valence-corrected chi connectivity index (χ4v) is 3.08. The molecule has 3 aromatic rings. The topological polar surface area (TPSA) is 97.8 Å². The molecule has 10 heteroatoms. The van der Waals surface area contributed by atoms with E-state index >= 15 is 0 Å². The highest BCUT2D eigenvalue weighted by Crippen LogP contribution is 2.35. The maximum absolute atomic E-state index is 13.3. The number of aromatic nitrogens is 1. The maximum Gasteiger partial charge on any atom is 0.433 e. The van der Waals surface area contributed by atoms with Crippen LogP contribution in [0.4, 0.5) is 18.0 Å². The van der Waals surface area contributed by atoms with Crippen molar-refractivity contribution >= 4 is 22.8 Å². The molecule has 3 rings (SSSR count). The number of rotatable bonds is 6. The molecule has 0 fully saturated rings. The van der Waals surface area contributed by atoms with Gasteiger partial charge in [0.15, 0.2) is 0 Å². The Morgan fingerprint density at radius 2 is 1.71 bits per heavy atom. The number of aliphatic carboxylic acids is 1. The summed E-state index contributed by atoms with van der Waals surface area (Å²) in [6, 6.07) is 12.2. The van der Waals surface area contributed by atoms with Crippen molar-refractivity contribution in [2.75, 3.05) is 0 Å². The number of nitrogens with one attached hydrogen (secondary N) is 1. The van der Waals surface area contributed by atoms with Crippen molar-refractivity contribution in [3.8, 4) is 11.6 Å². The number of ether oxygens (including phenoxy) is 2. The van der Waals surface area contributed by atoms with Gasteiger partial charge in [-0.2, -0.15) is 13.2 Å². The van der Waals surface area contributed by atoms with Gasteiger partial charge in [0, 0.05) is 11.8 Å². The average molecular weight is 476 g/mol. The number of amides is 1. The van der Waals surface area contributed by atoms with E-state index < -0.39 is 35.6 Å². The molecule has 0 aliphatic carbocycles.